The summed E-state index contributed by atoms with van der Waals surface area (Å²) in [5.41, 5.74) is 5.02. The van der Waals surface area contributed by atoms with Crippen LogP contribution in [0.5, 0.6) is 11.5 Å². The second-order valence-corrected chi connectivity index (χ2v) is 2.60. The number of phenolic OH excluding ortho intramolecular Hbond substituents is 2. The van der Waals surface area contributed by atoms with E-state index in [-0.39, 0.29) is 11.3 Å². The molecular weight excluding hydrogens is 180 g/mol. The highest BCUT2D eigenvalue weighted by Gasteiger charge is 2.20. The molecule has 1 atom stereocenters. The fraction of sp³-hybridized carbons (Fsp3) is 0.250. The summed E-state index contributed by atoms with van der Waals surface area (Å²) in [7, 11) is 0. The van der Waals surface area contributed by atoms with E-state index in [1.807, 2.05) is 0 Å². The van der Waals surface area contributed by atoms with E-state index in [9.17, 15) is 8.78 Å². The van der Waals surface area contributed by atoms with Crippen molar-refractivity contribution < 1.29 is 19.0 Å². The molecule has 5 heteroatoms. The Hall–Kier alpha value is -1.36. The summed E-state index contributed by atoms with van der Waals surface area (Å²) < 4.78 is 24.2. The molecule has 0 unspecified atom stereocenters. The van der Waals surface area contributed by atoms with Crippen LogP contribution in [0.25, 0.3) is 0 Å². The van der Waals surface area contributed by atoms with Gasteiger partial charge in [-0.1, -0.05) is 0 Å². The summed E-state index contributed by atoms with van der Waals surface area (Å²) in [6, 6.07) is 1.80. The van der Waals surface area contributed by atoms with Crippen molar-refractivity contribution in [2.75, 3.05) is 0 Å². The molecule has 4 N–H and O–H groups in total. The number of halogens is 2. The Morgan fingerprint density at radius 3 is 2.31 bits per heavy atom. The van der Waals surface area contributed by atoms with Gasteiger partial charge in [-0.25, -0.2) is 8.78 Å². The predicted molar refractivity (Wildman–Crippen MR) is 42.7 cm³/mol. The summed E-state index contributed by atoms with van der Waals surface area (Å²) in [5, 5.41) is 18.0. The summed E-state index contributed by atoms with van der Waals surface area (Å²) >= 11 is 0. The molecule has 0 aliphatic carbocycles. The lowest BCUT2D eigenvalue weighted by Crippen LogP contribution is -2.18. The minimum absolute atomic E-state index is 0.0761. The summed E-state index contributed by atoms with van der Waals surface area (Å²) in [6.45, 7) is 0. The van der Waals surface area contributed by atoms with E-state index in [2.05, 4.69) is 0 Å². The van der Waals surface area contributed by atoms with Crippen LogP contribution >= 0.6 is 0 Å². The van der Waals surface area contributed by atoms with Crippen molar-refractivity contribution in [1.29, 1.82) is 0 Å². The molecule has 72 valence electrons. The molecule has 0 spiro atoms. The number of rotatable bonds is 2. The van der Waals surface area contributed by atoms with Crippen molar-refractivity contribution in [3.63, 3.8) is 0 Å². The Labute approximate surface area is 73.4 Å². The molecule has 3 nitrogen and oxygen atoms in total. The highest BCUT2D eigenvalue weighted by Crippen LogP contribution is 2.29. The Balaban J connectivity index is 3.01. The number of aromatic hydroxyl groups is 2. The first-order valence-corrected chi connectivity index (χ1v) is 3.58. The molecule has 0 radical (unpaired) electrons. The van der Waals surface area contributed by atoms with Crippen LogP contribution in [0.3, 0.4) is 0 Å². The maximum absolute atomic E-state index is 12.1. The minimum atomic E-state index is -2.74. The molecule has 0 aliphatic heterocycles. The Morgan fingerprint density at radius 2 is 1.85 bits per heavy atom. The fourth-order valence-corrected chi connectivity index (χ4v) is 0.950. The van der Waals surface area contributed by atoms with Gasteiger partial charge in [-0.2, -0.15) is 0 Å². The average Bonchev–Trinajstić information content (AvgIpc) is 2.03. The number of nitrogens with two attached hydrogens (primary N) is 1. The molecule has 0 bridgehead atoms. The van der Waals surface area contributed by atoms with Gasteiger partial charge in [-0.3, -0.25) is 0 Å². The van der Waals surface area contributed by atoms with Gasteiger partial charge in [-0.15, -0.1) is 0 Å². The number of hydrogen-bond donors (Lipinski definition) is 3. The predicted octanol–water partition coefficient (Wildman–Crippen LogP) is 1.36. The zero-order valence-corrected chi connectivity index (χ0v) is 6.61. The number of hydrogen-bond acceptors (Lipinski definition) is 3. The van der Waals surface area contributed by atoms with Crippen LogP contribution in [0, 0.1) is 0 Å². The van der Waals surface area contributed by atoms with Crippen molar-refractivity contribution in [2.24, 2.45) is 5.73 Å². The third kappa shape index (κ3) is 2.06. The lowest BCUT2D eigenvalue weighted by Gasteiger charge is -2.12. The van der Waals surface area contributed by atoms with Crippen molar-refractivity contribution in [3.05, 3.63) is 23.8 Å². The van der Waals surface area contributed by atoms with Gasteiger partial charge in [0, 0.05) is 11.6 Å². The molecule has 0 saturated heterocycles. The second-order valence-electron chi connectivity index (χ2n) is 2.60. The molecule has 1 aromatic rings. The maximum Gasteiger partial charge on any atom is 0.257 e. The number of benzene rings is 1. The molecule has 0 heterocycles. The number of phenols is 2. The molecule has 0 saturated carbocycles. The van der Waals surface area contributed by atoms with E-state index in [1.165, 1.54) is 12.1 Å². The summed E-state index contributed by atoms with van der Waals surface area (Å²) in [5.74, 6) is -0.615. The molecule has 0 amide bonds. The van der Waals surface area contributed by atoms with E-state index >= 15 is 0 Å². The van der Waals surface area contributed by atoms with Gasteiger partial charge >= 0.3 is 0 Å². The van der Waals surface area contributed by atoms with Crippen LogP contribution in [0.15, 0.2) is 18.2 Å². The standard InChI is InChI=1S/C8H9F2NO2/c9-8(10)7(11)5-2-1-4(12)3-6(5)13/h1-3,7-8,12-13H,11H2/t7-/m0/s1. The monoisotopic (exact) mass is 189 g/mol. The average molecular weight is 189 g/mol. The topological polar surface area (TPSA) is 66.5 Å². The van der Waals surface area contributed by atoms with Gasteiger partial charge in [0.05, 0.1) is 6.04 Å². The Kier molecular flexibility index (Phi) is 2.67. The van der Waals surface area contributed by atoms with Crippen LogP contribution in [0.1, 0.15) is 11.6 Å². The molecule has 1 rings (SSSR count). The first-order chi connectivity index (χ1) is 6.02. The Morgan fingerprint density at radius 1 is 1.23 bits per heavy atom. The third-order valence-electron chi connectivity index (χ3n) is 1.64. The van der Waals surface area contributed by atoms with Crippen molar-refractivity contribution in [2.45, 2.75) is 12.5 Å². The molecule has 0 aromatic heterocycles. The van der Waals surface area contributed by atoms with Gasteiger partial charge in [0.1, 0.15) is 11.5 Å². The quantitative estimate of drug-likeness (QED) is 0.658. The largest absolute Gasteiger partial charge is 0.508 e. The van der Waals surface area contributed by atoms with Gasteiger partial charge in [0.2, 0.25) is 0 Å². The first kappa shape index (κ1) is 9.73. The van der Waals surface area contributed by atoms with E-state index in [0.717, 1.165) is 6.07 Å². The van der Waals surface area contributed by atoms with E-state index in [0.29, 0.717) is 0 Å². The smallest absolute Gasteiger partial charge is 0.257 e. The molecular formula is C8H9F2NO2. The van der Waals surface area contributed by atoms with Crippen molar-refractivity contribution in [1.82, 2.24) is 0 Å². The fourth-order valence-electron chi connectivity index (χ4n) is 0.950. The minimum Gasteiger partial charge on any atom is -0.508 e. The molecule has 0 fully saturated rings. The van der Waals surface area contributed by atoms with Crippen LogP contribution in [0.2, 0.25) is 0 Å². The van der Waals surface area contributed by atoms with Gasteiger partial charge in [0.25, 0.3) is 6.43 Å². The van der Waals surface area contributed by atoms with Crippen LogP contribution in [-0.2, 0) is 0 Å². The van der Waals surface area contributed by atoms with Gasteiger partial charge in [0.15, 0.2) is 0 Å². The highest BCUT2D eigenvalue weighted by atomic mass is 19.3. The summed E-state index contributed by atoms with van der Waals surface area (Å²) in [4.78, 5) is 0. The second kappa shape index (κ2) is 3.57. The van der Waals surface area contributed by atoms with Crippen molar-refractivity contribution >= 4 is 0 Å². The summed E-state index contributed by atoms with van der Waals surface area (Å²) in [6.07, 6.45) is -2.74. The van der Waals surface area contributed by atoms with E-state index in [1.54, 1.807) is 0 Å². The molecule has 13 heavy (non-hydrogen) atoms. The molecule has 1 aromatic carbocycles. The number of alkyl halides is 2. The van der Waals surface area contributed by atoms with Gasteiger partial charge < -0.3 is 15.9 Å². The third-order valence-corrected chi connectivity index (χ3v) is 1.64. The zero-order chi connectivity index (χ0) is 10.0. The van der Waals surface area contributed by atoms with Crippen LogP contribution in [-0.4, -0.2) is 16.6 Å². The lowest BCUT2D eigenvalue weighted by atomic mass is 10.1. The normalized spacial score (nSPS) is 13.2. The van der Waals surface area contributed by atoms with E-state index < -0.39 is 18.2 Å². The van der Waals surface area contributed by atoms with Crippen molar-refractivity contribution in [3.8, 4) is 11.5 Å². The van der Waals surface area contributed by atoms with Crippen LogP contribution < -0.4 is 5.73 Å². The Bertz CT molecular complexity index is 304. The van der Waals surface area contributed by atoms with Gasteiger partial charge in [-0.05, 0) is 12.1 Å². The van der Waals surface area contributed by atoms with Crippen LogP contribution in [0.4, 0.5) is 8.78 Å². The maximum atomic E-state index is 12.1. The molecule has 0 aliphatic rings. The zero-order valence-electron chi connectivity index (χ0n) is 6.61. The SMILES string of the molecule is N[C@@H](c1ccc(O)cc1O)C(F)F. The first-order valence-electron chi connectivity index (χ1n) is 3.58. The van der Waals surface area contributed by atoms with E-state index in [4.69, 9.17) is 15.9 Å². The highest BCUT2D eigenvalue weighted by molar-refractivity contribution is 5.40. The lowest BCUT2D eigenvalue weighted by molar-refractivity contribution is 0.115.